The molecule has 6 heteroatoms. The Morgan fingerprint density at radius 2 is 1.00 bits per heavy atom. The molecule has 0 heterocycles. The van der Waals surface area contributed by atoms with Crippen LogP contribution in [0.1, 0.15) is 6.92 Å². The van der Waals surface area contributed by atoms with Gasteiger partial charge >= 0.3 is 0 Å². The molecule has 0 N–H and O–H groups in total. The summed E-state index contributed by atoms with van der Waals surface area (Å²) in [6, 6.07) is 1.75. The first-order valence-electron chi connectivity index (χ1n) is 4.18. The van der Waals surface area contributed by atoms with Crippen LogP contribution in [-0.2, 0) is 11.5 Å². The van der Waals surface area contributed by atoms with Crippen LogP contribution in [0.5, 0.6) is 0 Å². The molecule has 0 aromatic carbocycles. The Morgan fingerprint density at radius 3 is 1.00 bits per heavy atom. The molecule has 0 bridgehead atoms. The van der Waals surface area contributed by atoms with Crippen LogP contribution in [0.15, 0.2) is 0 Å². The number of nitrogens with zero attached hydrogens (tertiary/aromatic N) is 5. The monoisotopic (exact) mass is 231 g/mol. The van der Waals surface area contributed by atoms with Crippen LogP contribution in [0.25, 0.3) is 0 Å². The largest absolute Gasteiger partial charge is 0.512 e. The quantitative estimate of drug-likeness (QED) is 0.527. The minimum atomic E-state index is 0.120. The second-order valence-electron chi connectivity index (χ2n) is 2.91. The van der Waals surface area contributed by atoms with Crippen molar-refractivity contribution in [1.82, 2.24) is 12.9 Å². The van der Waals surface area contributed by atoms with Gasteiger partial charge in [-0.2, -0.15) is 5.26 Å². The Balaban J connectivity index is -0.000000245. The predicted octanol–water partition coefficient (Wildman–Crippen LogP) is 0.661. The number of hydrogen-bond donors (Lipinski definition) is 0. The van der Waals surface area contributed by atoms with Crippen LogP contribution in [-0.4, -0.2) is 55.2 Å². The minimum Gasteiger partial charge on any atom is -0.512 e. The van der Waals surface area contributed by atoms with Crippen molar-refractivity contribution in [3.8, 4) is 6.07 Å². The van der Waals surface area contributed by atoms with Gasteiger partial charge in [0, 0.05) is 49.2 Å². The molecule has 0 spiro atoms. The zero-order chi connectivity index (χ0) is 13.0. The summed E-state index contributed by atoms with van der Waals surface area (Å²) in [4.78, 5) is 0. The molecule has 0 aliphatic carbocycles. The highest BCUT2D eigenvalue weighted by Crippen LogP contribution is 2.05. The fourth-order valence-electron chi connectivity index (χ4n) is 0.980. The SMILES string of the molecule is CC#N.CN(C)[S+](N(C)C)N(C)C.[C-]#N. The fraction of sp³-hybridized carbons (Fsp3) is 0.778. The second-order valence-corrected chi connectivity index (χ2v) is 5.59. The van der Waals surface area contributed by atoms with Gasteiger partial charge in [0.05, 0.1) is 6.07 Å². The van der Waals surface area contributed by atoms with E-state index in [2.05, 4.69) is 55.2 Å². The Morgan fingerprint density at radius 1 is 0.867 bits per heavy atom. The maximum absolute atomic E-state index is 7.32. The average molecular weight is 231 g/mol. The Kier molecular flexibility index (Phi) is 17.4. The maximum Gasteiger partial charge on any atom is 0.266 e. The first kappa shape index (κ1) is 19.7. The van der Waals surface area contributed by atoms with Crippen LogP contribution >= 0.6 is 0 Å². The van der Waals surface area contributed by atoms with E-state index in [0.29, 0.717) is 0 Å². The van der Waals surface area contributed by atoms with E-state index in [0.717, 1.165) is 0 Å². The predicted molar refractivity (Wildman–Crippen MR) is 64.7 cm³/mol. The second kappa shape index (κ2) is 13.2. The Bertz CT molecular complexity index is 164. The normalized spacial score (nSPS) is 9.07. The molecule has 0 radical (unpaired) electrons. The van der Waals surface area contributed by atoms with Gasteiger partial charge in [0.2, 0.25) is 0 Å². The summed E-state index contributed by atoms with van der Waals surface area (Å²) >= 11 is 0.120. The average Bonchev–Trinajstić information content (AvgIpc) is 2.06. The van der Waals surface area contributed by atoms with Gasteiger partial charge in [-0.1, -0.05) is 12.9 Å². The van der Waals surface area contributed by atoms with E-state index < -0.39 is 0 Å². The lowest BCUT2D eigenvalue weighted by Crippen LogP contribution is -2.44. The molecule has 0 amide bonds. The summed E-state index contributed by atoms with van der Waals surface area (Å²) in [6.07, 6.45) is 0. The molecule has 0 fully saturated rings. The topological polar surface area (TPSA) is 57.3 Å². The van der Waals surface area contributed by atoms with E-state index >= 15 is 0 Å². The van der Waals surface area contributed by atoms with E-state index in [4.69, 9.17) is 17.1 Å². The minimum absolute atomic E-state index is 0.120. The van der Waals surface area contributed by atoms with E-state index in [-0.39, 0.29) is 11.5 Å². The fourth-order valence-corrected chi connectivity index (χ4v) is 2.94. The molecule has 15 heavy (non-hydrogen) atoms. The smallest absolute Gasteiger partial charge is 0.266 e. The molecule has 0 saturated carbocycles. The van der Waals surface area contributed by atoms with Gasteiger partial charge in [0.1, 0.15) is 0 Å². The third-order valence-corrected chi connectivity index (χ3v) is 2.94. The zero-order valence-electron chi connectivity index (χ0n) is 10.6. The summed E-state index contributed by atoms with van der Waals surface area (Å²) in [7, 11) is 12.5. The zero-order valence-corrected chi connectivity index (χ0v) is 11.5. The third-order valence-electron chi connectivity index (χ3n) is 0.980. The van der Waals surface area contributed by atoms with Crippen molar-refractivity contribution < 1.29 is 0 Å². The van der Waals surface area contributed by atoms with Gasteiger partial charge < -0.3 is 11.8 Å². The number of nitriles is 1. The molecule has 0 aliphatic heterocycles. The maximum atomic E-state index is 7.32. The van der Waals surface area contributed by atoms with Crippen LogP contribution < -0.4 is 0 Å². The van der Waals surface area contributed by atoms with E-state index in [1.54, 1.807) is 6.07 Å². The Hall–Kier alpha value is -0.790. The molecule has 0 unspecified atom stereocenters. The molecule has 0 atom stereocenters. The van der Waals surface area contributed by atoms with Crippen molar-refractivity contribution in [3.05, 3.63) is 6.57 Å². The van der Waals surface area contributed by atoms with Crippen LogP contribution in [0.2, 0.25) is 0 Å². The van der Waals surface area contributed by atoms with Gasteiger partial charge in [0.25, 0.3) is 11.5 Å². The highest BCUT2D eigenvalue weighted by molar-refractivity contribution is 7.90. The summed E-state index contributed by atoms with van der Waals surface area (Å²) in [5.41, 5.74) is 0. The van der Waals surface area contributed by atoms with Crippen molar-refractivity contribution >= 4 is 11.5 Å². The Labute approximate surface area is 97.2 Å². The van der Waals surface area contributed by atoms with Crippen LogP contribution in [0, 0.1) is 23.2 Å². The molecule has 0 rings (SSSR count). The van der Waals surface area contributed by atoms with Gasteiger partial charge in [-0.3, -0.25) is 0 Å². The van der Waals surface area contributed by atoms with Crippen molar-refractivity contribution in [2.75, 3.05) is 42.3 Å². The third kappa shape index (κ3) is 13.2. The lowest BCUT2D eigenvalue weighted by molar-refractivity contribution is 0.511. The number of hydrogen-bond acceptors (Lipinski definition) is 5. The van der Waals surface area contributed by atoms with Gasteiger partial charge in [0.15, 0.2) is 0 Å². The van der Waals surface area contributed by atoms with Crippen LogP contribution in [0.3, 0.4) is 0 Å². The lowest BCUT2D eigenvalue weighted by Gasteiger charge is -2.20. The summed E-state index contributed by atoms with van der Waals surface area (Å²) in [5, 5.41) is 13.6. The highest BCUT2D eigenvalue weighted by atomic mass is 32.2. The van der Waals surface area contributed by atoms with Crippen molar-refractivity contribution in [2.24, 2.45) is 0 Å². The van der Waals surface area contributed by atoms with Crippen molar-refractivity contribution in [3.63, 3.8) is 0 Å². The van der Waals surface area contributed by atoms with E-state index in [1.165, 1.54) is 6.92 Å². The molecule has 0 aromatic heterocycles. The summed E-state index contributed by atoms with van der Waals surface area (Å²) < 4.78 is 6.58. The molecular formula is C9H21N5S. The van der Waals surface area contributed by atoms with Crippen molar-refractivity contribution in [2.45, 2.75) is 6.92 Å². The standard InChI is InChI=1S/C6H18N3S.C2H3N.CN/c1-7(2)10(8(3)4)9(5)6;1-2-3;1-2/h1-6H3;1H3;/q+1;;-1. The summed E-state index contributed by atoms with van der Waals surface area (Å²) in [5.74, 6) is 0. The van der Waals surface area contributed by atoms with E-state index in [1.807, 2.05) is 0 Å². The first-order valence-corrected chi connectivity index (χ1v) is 5.27. The molecule has 0 saturated heterocycles. The molecule has 0 aromatic rings. The highest BCUT2D eigenvalue weighted by Gasteiger charge is 2.29. The molecular weight excluding hydrogens is 210 g/mol. The van der Waals surface area contributed by atoms with Crippen LogP contribution in [0.4, 0.5) is 0 Å². The van der Waals surface area contributed by atoms with Crippen molar-refractivity contribution in [1.29, 1.82) is 10.5 Å². The molecule has 5 nitrogen and oxygen atoms in total. The molecule has 0 aliphatic rings. The van der Waals surface area contributed by atoms with Gasteiger partial charge in [-0.15, -0.1) is 0 Å². The van der Waals surface area contributed by atoms with Gasteiger partial charge in [-0.25, -0.2) is 0 Å². The first-order chi connectivity index (χ1) is 6.88. The lowest BCUT2D eigenvalue weighted by atomic mass is 11.0. The molecule has 88 valence electrons. The summed E-state index contributed by atoms with van der Waals surface area (Å²) in [6.45, 7) is 6.18. The number of rotatable bonds is 3. The van der Waals surface area contributed by atoms with Gasteiger partial charge in [-0.05, 0) is 0 Å². The van der Waals surface area contributed by atoms with E-state index in [9.17, 15) is 0 Å².